The van der Waals surface area contributed by atoms with Crippen molar-refractivity contribution in [2.24, 2.45) is 0 Å². The van der Waals surface area contributed by atoms with Gasteiger partial charge in [0.15, 0.2) is 5.75 Å². The van der Waals surface area contributed by atoms with E-state index < -0.39 is 4.92 Å². The van der Waals surface area contributed by atoms with Gasteiger partial charge in [0.05, 0.1) is 12.0 Å². The van der Waals surface area contributed by atoms with Crippen LogP contribution in [0.15, 0.2) is 18.2 Å². The average Bonchev–Trinajstić information content (AvgIpc) is 2.29. The molecule has 0 aromatic heterocycles. The average molecular weight is 284 g/mol. The van der Waals surface area contributed by atoms with Gasteiger partial charge in [-0.2, -0.15) is 0 Å². The summed E-state index contributed by atoms with van der Waals surface area (Å²) in [5.74, 6) is 5.99. The number of methoxy groups -OCH3 is 1. The summed E-state index contributed by atoms with van der Waals surface area (Å²) in [7, 11) is 1.40. The van der Waals surface area contributed by atoms with Crippen molar-refractivity contribution in [2.75, 3.05) is 12.4 Å². The highest BCUT2D eigenvalue weighted by Crippen LogP contribution is 2.27. The van der Waals surface area contributed by atoms with Gasteiger partial charge in [0.2, 0.25) is 0 Å². The lowest BCUT2D eigenvalue weighted by atomic mass is 10.2. The van der Waals surface area contributed by atoms with Crippen LogP contribution < -0.4 is 4.74 Å². The van der Waals surface area contributed by atoms with Crippen LogP contribution in [-0.4, -0.2) is 17.4 Å². The molecule has 1 aromatic rings. The summed E-state index contributed by atoms with van der Waals surface area (Å²) < 4.78 is 4.89. The van der Waals surface area contributed by atoms with Crippen LogP contribution in [0.5, 0.6) is 5.75 Å². The van der Waals surface area contributed by atoms with E-state index in [1.165, 1.54) is 13.2 Å². The van der Waals surface area contributed by atoms with Gasteiger partial charge >= 0.3 is 5.69 Å². The van der Waals surface area contributed by atoms with E-state index in [1.807, 2.05) is 0 Å². The van der Waals surface area contributed by atoms with Crippen LogP contribution in [-0.2, 0) is 0 Å². The first-order valence-corrected chi connectivity index (χ1v) is 5.68. The largest absolute Gasteiger partial charge is 0.490 e. The van der Waals surface area contributed by atoms with Crippen molar-refractivity contribution in [3.63, 3.8) is 0 Å². The lowest BCUT2D eigenvalue weighted by molar-refractivity contribution is -0.385. The Balaban J connectivity index is 3.04. The number of nitro groups is 1. The molecule has 5 heteroatoms. The molecule has 0 unspecified atom stereocenters. The molecule has 0 atom stereocenters. The second kappa shape index (κ2) is 6.13. The molecule has 16 heavy (non-hydrogen) atoms. The van der Waals surface area contributed by atoms with Crippen molar-refractivity contribution in [3.05, 3.63) is 33.9 Å². The zero-order valence-electron chi connectivity index (χ0n) is 8.70. The number of rotatable bonds is 3. The van der Waals surface area contributed by atoms with Gasteiger partial charge in [-0.1, -0.05) is 27.8 Å². The molecule has 0 spiro atoms. The monoisotopic (exact) mass is 283 g/mol. The number of nitro benzene ring substituents is 1. The number of nitrogens with zero attached hydrogens (tertiary/aromatic N) is 1. The first kappa shape index (κ1) is 12.5. The number of hydrogen-bond acceptors (Lipinski definition) is 3. The molecule has 0 N–H and O–H groups in total. The maximum atomic E-state index is 10.7. The van der Waals surface area contributed by atoms with Crippen molar-refractivity contribution in [1.29, 1.82) is 0 Å². The van der Waals surface area contributed by atoms with Crippen molar-refractivity contribution < 1.29 is 9.66 Å². The highest BCUT2D eigenvalue weighted by molar-refractivity contribution is 9.09. The number of hydrogen-bond donors (Lipinski definition) is 0. The van der Waals surface area contributed by atoms with Crippen LogP contribution in [0.1, 0.15) is 12.0 Å². The molecule has 0 aliphatic heterocycles. The summed E-state index contributed by atoms with van der Waals surface area (Å²) in [6.45, 7) is 0. The molecule has 1 rings (SSSR count). The van der Waals surface area contributed by atoms with Crippen LogP contribution in [0.2, 0.25) is 0 Å². The Bertz CT molecular complexity index is 448. The maximum absolute atomic E-state index is 10.7. The molecule has 0 radical (unpaired) electrons. The highest BCUT2D eigenvalue weighted by atomic mass is 79.9. The number of benzene rings is 1. The molecule has 84 valence electrons. The minimum atomic E-state index is -0.478. The summed E-state index contributed by atoms with van der Waals surface area (Å²) >= 11 is 3.25. The van der Waals surface area contributed by atoms with E-state index >= 15 is 0 Å². The molecule has 0 aliphatic rings. The van der Waals surface area contributed by atoms with Crippen LogP contribution in [0.4, 0.5) is 5.69 Å². The predicted octanol–water partition coefficient (Wildman–Crippen LogP) is 2.74. The van der Waals surface area contributed by atoms with Crippen molar-refractivity contribution in [3.8, 4) is 17.6 Å². The summed E-state index contributed by atoms with van der Waals surface area (Å²) in [4.78, 5) is 10.3. The second-order valence-electron chi connectivity index (χ2n) is 2.88. The van der Waals surface area contributed by atoms with Gasteiger partial charge in [-0.3, -0.25) is 10.1 Å². The predicted molar refractivity (Wildman–Crippen MR) is 64.9 cm³/mol. The van der Waals surface area contributed by atoms with Crippen molar-refractivity contribution >= 4 is 21.6 Å². The smallest absolute Gasteiger partial charge is 0.312 e. The van der Waals surface area contributed by atoms with Crippen molar-refractivity contribution in [2.45, 2.75) is 6.42 Å². The second-order valence-corrected chi connectivity index (χ2v) is 3.68. The number of ether oxygens (including phenoxy) is 1. The lowest BCUT2D eigenvalue weighted by Gasteiger charge is -2.00. The van der Waals surface area contributed by atoms with E-state index in [4.69, 9.17) is 4.74 Å². The van der Waals surface area contributed by atoms with Gasteiger partial charge < -0.3 is 4.74 Å². The molecule has 0 fully saturated rings. The van der Waals surface area contributed by atoms with Gasteiger partial charge in [-0.05, 0) is 12.1 Å². The van der Waals surface area contributed by atoms with Gasteiger partial charge in [-0.15, -0.1) is 0 Å². The third-order valence-corrected chi connectivity index (χ3v) is 2.22. The standard InChI is InChI=1S/C11H10BrNO3/c1-16-11-6-5-9(4-2-3-7-12)8-10(11)13(14)15/h5-6,8H,3,7H2,1H3. The summed E-state index contributed by atoms with van der Waals surface area (Å²) in [5.41, 5.74) is 0.557. The first-order chi connectivity index (χ1) is 7.69. The minimum Gasteiger partial charge on any atom is -0.490 e. The molecule has 0 saturated heterocycles. The van der Waals surface area contributed by atoms with E-state index in [0.717, 1.165) is 5.33 Å². The fourth-order valence-corrected chi connectivity index (χ4v) is 1.32. The van der Waals surface area contributed by atoms with Crippen molar-refractivity contribution in [1.82, 2.24) is 0 Å². The van der Waals surface area contributed by atoms with Gasteiger partial charge in [-0.25, -0.2) is 0 Å². The van der Waals surface area contributed by atoms with Crippen LogP contribution in [0.3, 0.4) is 0 Å². The summed E-state index contributed by atoms with van der Waals surface area (Å²) in [6.07, 6.45) is 0.708. The Morgan fingerprint density at radius 2 is 2.31 bits per heavy atom. The van der Waals surface area contributed by atoms with E-state index in [2.05, 4.69) is 27.8 Å². The quantitative estimate of drug-likeness (QED) is 0.371. The molecule has 4 nitrogen and oxygen atoms in total. The third-order valence-electron chi connectivity index (χ3n) is 1.83. The highest BCUT2D eigenvalue weighted by Gasteiger charge is 2.14. The molecule has 0 amide bonds. The summed E-state index contributed by atoms with van der Waals surface area (Å²) in [6, 6.07) is 4.67. The molecular formula is C11H10BrNO3. The zero-order valence-corrected chi connectivity index (χ0v) is 10.3. The molecule has 0 aliphatic carbocycles. The van der Waals surface area contributed by atoms with E-state index in [1.54, 1.807) is 12.1 Å². The molecule has 1 aromatic carbocycles. The van der Waals surface area contributed by atoms with Crippen LogP contribution in [0.25, 0.3) is 0 Å². The molecular weight excluding hydrogens is 274 g/mol. The van der Waals surface area contributed by atoms with E-state index in [0.29, 0.717) is 12.0 Å². The third kappa shape index (κ3) is 3.24. The zero-order chi connectivity index (χ0) is 12.0. The van der Waals surface area contributed by atoms with Crippen LogP contribution in [0, 0.1) is 22.0 Å². The first-order valence-electron chi connectivity index (χ1n) is 4.56. The molecule has 0 saturated carbocycles. The van der Waals surface area contributed by atoms with Gasteiger partial charge in [0, 0.05) is 23.4 Å². The Labute approximate surface area is 102 Å². The van der Waals surface area contributed by atoms with Gasteiger partial charge in [0.25, 0.3) is 0 Å². The fraction of sp³-hybridized carbons (Fsp3) is 0.273. The van der Waals surface area contributed by atoms with E-state index in [-0.39, 0.29) is 11.4 Å². The Morgan fingerprint density at radius 1 is 1.56 bits per heavy atom. The van der Waals surface area contributed by atoms with Crippen LogP contribution >= 0.6 is 15.9 Å². The molecule has 0 bridgehead atoms. The topological polar surface area (TPSA) is 52.4 Å². The number of halogens is 1. The lowest BCUT2D eigenvalue weighted by Crippen LogP contribution is -1.94. The Hall–Kier alpha value is -1.54. The fourth-order valence-electron chi connectivity index (χ4n) is 1.12. The Morgan fingerprint density at radius 3 is 2.88 bits per heavy atom. The molecule has 0 heterocycles. The maximum Gasteiger partial charge on any atom is 0.312 e. The number of alkyl halides is 1. The SMILES string of the molecule is COc1ccc(C#CCCBr)cc1[N+](=O)[O-]. The minimum absolute atomic E-state index is 0.0619. The Kier molecular flexibility index (Phi) is 4.80. The normalized spacial score (nSPS) is 9.12. The van der Waals surface area contributed by atoms with E-state index in [9.17, 15) is 10.1 Å². The van der Waals surface area contributed by atoms with Gasteiger partial charge in [0.1, 0.15) is 0 Å². The summed E-state index contributed by atoms with van der Waals surface area (Å²) in [5, 5.41) is 11.5.